The van der Waals surface area contributed by atoms with Crippen LogP contribution in [0.4, 0.5) is 0 Å². The maximum Gasteiger partial charge on any atom is 0.253 e. The van der Waals surface area contributed by atoms with Gasteiger partial charge in [0.1, 0.15) is 5.82 Å². The minimum atomic E-state index is 0.133. The first kappa shape index (κ1) is 17.7. The Labute approximate surface area is 160 Å². The zero-order valence-corrected chi connectivity index (χ0v) is 16.0. The van der Waals surface area contributed by atoms with Crippen LogP contribution >= 0.6 is 0 Å². The first-order valence-corrected chi connectivity index (χ1v) is 9.65. The van der Waals surface area contributed by atoms with E-state index in [0.717, 1.165) is 55.1 Å². The second-order valence-corrected chi connectivity index (χ2v) is 7.55. The van der Waals surface area contributed by atoms with Crippen molar-refractivity contribution in [3.05, 3.63) is 65.5 Å². The van der Waals surface area contributed by atoms with Gasteiger partial charge in [-0.1, -0.05) is 38.1 Å². The number of carbonyl (C=O) groups is 1. The van der Waals surface area contributed by atoms with Gasteiger partial charge in [-0.2, -0.15) is 0 Å². The number of H-pyrrole nitrogens is 1. The number of piperazine rings is 1. The van der Waals surface area contributed by atoms with Crippen LogP contribution in [0.3, 0.4) is 0 Å². The highest BCUT2D eigenvalue weighted by atomic mass is 16.2. The number of rotatable bonds is 4. The molecule has 1 saturated heterocycles. The number of carbonyl (C=O) groups excluding carboxylic acids is 1. The molecule has 1 aliphatic rings. The van der Waals surface area contributed by atoms with Crippen LogP contribution in [0.2, 0.25) is 0 Å². The average Bonchev–Trinajstić information content (AvgIpc) is 3.10. The molecule has 27 heavy (non-hydrogen) atoms. The van der Waals surface area contributed by atoms with E-state index in [9.17, 15) is 4.79 Å². The minimum absolute atomic E-state index is 0.133. The normalized spacial score (nSPS) is 15.6. The highest BCUT2D eigenvalue weighted by Gasteiger charge is 2.22. The number of para-hydroxylation sites is 2. The van der Waals surface area contributed by atoms with Gasteiger partial charge in [0.2, 0.25) is 0 Å². The Bertz CT molecular complexity index is 888. The molecule has 0 radical (unpaired) electrons. The number of nitrogens with zero attached hydrogens (tertiary/aromatic N) is 3. The molecular formula is C22H26N4O. The number of fused-ring (bicyclic) bond motifs is 1. The van der Waals surface area contributed by atoms with Gasteiger partial charge in [-0.05, 0) is 35.7 Å². The maximum atomic E-state index is 12.8. The van der Waals surface area contributed by atoms with Crippen molar-refractivity contribution in [1.82, 2.24) is 19.8 Å². The fourth-order valence-electron chi connectivity index (χ4n) is 3.59. The summed E-state index contributed by atoms with van der Waals surface area (Å²) in [5.41, 5.74) is 4.13. The van der Waals surface area contributed by atoms with Gasteiger partial charge < -0.3 is 9.88 Å². The molecule has 1 aliphatic heterocycles. The summed E-state index contributed by atoms with van der Waals surface area (Å²) in [5, 5.41) is 0. The second kappa shape index (κ2) is 7.53. The number of imidazole rings is 1. The van der Waals surface area contributed by atoms with E-state index in [1.54, 1.807) is 0 Å². The lowest BCUT2D eigenvalue weighted by atomic mass is 10.0. The number of benzene rings is 2. The topological polar surface area (TPSA) is 52.2 Å². The standard InChI is InChI=1S/C22H26N4O/c1-16(2)17-7-9-18(10-8-17)22(27)26-13-11-25(12-14-26)15-21-23-19-5-3-4-6-20(19)24-21/h3-10,16H,11-15H2,1-2H3,(H,23,24). The molecule has 2 aromatic carbocycles. The average molecular weight is 362 g/mol. The second-order valence-electron chi connectivity index (χ2n) is 7.55. The molecule has 1 fully saturated rings. The van der Waals surface area contributed by atoms with E-state index >= 15 is 0 Å². The van der Waals surface area contributed by atoms with Crippen molar-refractivity contribution < 1.29 is 4.79 Å². The largest absolute Gasteiger partial charge is 0.341 e. The third-order valence-electron chi connectivity index (χ3n) is 5.30. The number of hydrogen-bond donors (Lipinski definition) is 1. The van der Waals surface area contributed by atoms with Crippen LogP contribution in [0, 0.1) is 0 Å². The quantitative estimate of drug-likeness (QED) is 0.771. The summed E-state index contributed by atoms with van der Waals surface area (Å²) in [7, 11) is 0. The lowest BCUT2D eigenvalue weighted by molar-refractivity contribution is 0.0626. The Hall–Kier alpha value is -2.66. The third kappa shape index (κ3) is 3.88. The lowest BCUT2D eigenvalue weighted by Crippen LogP contribution is -2.48. The van der Waals surface area contributed by atoms with Crippen molar-refractivity contribution in [3.63, 3.8) is 0 Å². The predicted octanol–water partition coefficient (Wildman–Crippen LogP) is 3.64. The molecular weight excluding hydrogens is 336 g/mol. The van der Waals surface area contributed by atoms with Gasteiger partial charge in [0.15, 0.2) is 0 Å². The molecule has 0 unspecified atom stereocenters. The smallest absolute Gasteiger partial charge is 0.253 e. The van der Waals surface area contributed by atoms with E-state index in [1.807, 2.05) is 41.3 Å². The van der Waals surface area contributed by atoms with Crippen molar-refractivity contribution in [1.29, 1.82) is 0 Å². The Morgan fingerprint density at radius 1 is 1.04 bits per heavy atom. The summed E-state index contributed by atoms with van der Waals surface area (Å²) in [6.07, 6.45) is 0. The van der Waals surface area contributed by atoms with Gasteiger partial charge in [-0.15, -0.1) is 0 Å². The number of amides is 1. The summed E-state index contributed by atoms with van der Waals surface area (Å²) >= 11 is 0. The Balaban J connectivity index is 1.34. The summed E-state index contributed by atoms with van der Waals surface area (Å²) in [6, 6.07) is 16.1. The van der Waals surface area contributed by atoms with Crippen molar-refractivity contribution in [3.8, 4) is 0 Å². The van der Waals surface area contributed by atoms with Crippen molar-refractivity contribution in [2.45, 2.75) is 26.3 Å². The monoisotopic (exact) mass is 362 g/mol. The number of aromatic nitrogens is 2. The first-order chi connectivity index (χ1) is 13.1. The lowest BCUT2D eigenvalue weighted by Gasteiger charge is -2.34. The van der Waals surface area contributed by atoms with E-state index in [-0.39, 0.29) is 5.91 Å². The van der Waals surface area contributed by atoms with Gasteiger partial charge in [0.25, 0.3) is 5.91 Å². The fourth-order valence-corrected chi connectivity index (χ4v) is 3.59. The zero-order chi connectivity index (χ0) is 18.8. The molecule has 0 atom stereocenters. The molecule has 4 rings (SSSR count). The summed E-state index contributed by atoms with van der Waals surface area (Å²) < 4.78 is 0. The van der Waals surface area contributed by atoms with Gasteiger partial charge >= 0.3 is 0 Å². The molecule has 1 aromatic heterocycles. The molecule has 0 bridgehead atoms. The molecule has 1 amide bonds. The Kier molecular flexibility index (Phi) is 4.94. The highest BCUT2D eigenvalue weighted by molar-refractivity contribution is 5.94. The summed E-state index contributed by atoms with van der Waals surface area (Å²) in [4.78, 5) is 25.1. The number of aromatic amines is 1. The summed E-state index contributed by atoms with van der Waals surface area (Å²) in [6.45, 7) is 8.37. The molecule has 0 saturated carbocycles. The molecule has 3 aromatic rings. The predicted molar refractivity (Wildman–Crippen MR) is 108 cm³/mol. The number of nitrogens with one attached hydrogen (secondary N) is 1. The first-order valence-electron chi connectivity index (χ1n) is 9.65. The molecule has 140 valence electrons. The third-order valence-corrected chi connectivity index (χ3v) is 5.30. The summed E-state index contributed by atoms with van der Waals surface area (Å²) in [5.74, 6) is 1.60. The van der Waals surface area contributed by atoms with Crippen LogP contribution in [0.1, 0.15) is 41.5 Å². The molecule has 5 nitrogen and oxygen atoms in total. The van der Waals surface area contributed by atoms with Crippen molar-refractivity contribution >= 4 is 16.9 Å². The van der Waals surface area contributed by atoms with Crippen LogP contribution < -0.4 is 0 Å². The molecule has 1 N–H and O–H groups in total. The van der Waals surface area contributed by atoms with E-state index < -0.39 is 0 Å². The van der Waals surface area contributed by atoms with Crippen molar-refractivity contribution in [2.75, 3.05) is 26.2 Å². The van der Waals surface area contributed by atoms with Crippen LogP contribution in [-0.2, 0) is 6.54 Å². The van der Waals surface area contributed by atoms with Gasteiger partial charge in [0.05, 0.1) is 17.6 Å². The maximum absolute atomic E-state index is 12.8. The Morgan fingerprint density at radius 2 is 1.74 bits per heavy atom. The van der Waals surface area contributed by atoms with Crippen LogP contribution in [-0.4, -0.2) is 51.9 Å². The fraction of sp³-hybridized carbons (Fsp3) is 0.364. The molecule has 2 heterocycles. The zero-order valence-electron chi connectivity index (χ0n) is 16.0. The van der Waals surface area contributed by atoms with E-state index in [2.05, 4.69) is 40.8 Å². The van der Waals surface area contributed by atoms with E-state index in [0.29, 0.717) is 5.92 Å². The molecule has 0 aliphatic carbocycles. The minimum Gasteiger partial charge on any atom is -0.341 e. The van der Waals surface area contributed by atoms with Crippen LogP contribution in [0.15, 0.2) is 48.5 Å². The highest BCUT2D eigenvalue weighted by Crippen LogP contribution is 2.17. The van der Waals surface area contributed by atoms with E-state index in [1.165, 1.54) is 5.56 Å². The Morgan fingerprint density at radius 3 is 2.41 bits per heavy atom. The molecule has 0 spiro atoms. The number of hydrogen-bond acceptors (Lipinski definition) is 3. The van der Waals surface area contributed by atoms with Crippen LogP contribution in [0.25, 0.3) is 11.0 Å². The van der Waals surface area contributed by atoms with Gasteiger partial charge in [-0.25, -0.2) is 4.98 Å². The van der Waals surface area contributed by atoms with Gasteiger partial charge in [-0.3, -0.25) is 9.69 Å². The van der Waals surface area contributed by atoms with Crippen molar-refractivity contribution in [2.24, 2.45) is 0 Å². The van der Waals surface area contributed by atoms with Crippen LogP contribution in [0.5, 0.6) is 0 Å². The van der Waals surface area contributed by atoms with E-state index in [4.69, 9.17) is 0 Å². The molecule has 5 heteroatoms. The SMILES string of the molecule is CC(C)c1ccc(C(=O)N2CCN(Cc3nc4ccccc4[nH]3)CC2)cc1. The van der Waals surface area contributed by atoms with Gasteiger partial charge in [0, 0.05) is 31.7 Å².